The lowest BCUT2D eigenvalue weighted by atomic mass is 10.0. The summed E-state index contributed by atoms with van der Waals surface area (Å²) in [6.07, 6.45) is 5.35. The Kier molecular flexibility index (Phi) is 5.04. The molecule has 1 fully saturated rings. The van der Waals surface area contributed by atoms with Gasteiger partial charge in [-0.05, 0) is 37.1 Å². The van der Waals surface area contributed by atoms with Crippen molar-refractivity contribution in [1.82, 2.24) is 19.7 Å². The quantitative estimate of drug-likeness (QED) is 0.536. The van der Waals surface area contributed by atoms with Gasteiger partial charge >= 0.3 is 0 Å². The smallest absolute Gasteiger partial charge is 0.147 e. The molecule has 160 valence electrons. The van der Waals surface area contributed by atoms with Crippen LogP contribution < -0.4 is 10.6 Å². The second-order valence-corrected chi connectivity index (χ2v) is 8.10. The molecule has 0 spiro atoms. The monoisotopic (exact) mass is 427 g/mol. The topological polar surface area (TPSA) is 96.7 Å². The van der Waals surface area contributed by atoms with Gasteiger partial charge in [-0.15, -0.1) is 0 Å². The molecule has 0 saturated carbocycles. The van der Waals surface area contributed by atoms with Gasteiger partial charge in [-0.2, -0.15) is 10.4 Å². The molecular formula is C24H22FN7. The van der Waals surface area contributed by atoms with Crippen molar-refractivity contribution in [2.24, 2.45) is 12.8 Å². The number of anilines is 1. The van der Waals surface area contributed by atoms with E-state index < -0.39 is 5.82 Å². The standard InChI is InChI=1S/C24H22FN7/c1-31-21-5-4-15(10-18(21)13-29-31)23-24(16-2-3-17(12-26)20(25)11-16)30-22(14-28-23)32-8-6-19(27)7-9-32/h2-5,10-11,13-14,19H,6-9,27H2,1H3. The Morgan fingerprint density at radius 2 is 1.81 bits per heavy atom. The minimum atomic E-state index is -0.574. The molecule has 3 heterocycles. The van der Waals surface area contributed by atoms with Crippen LogP contribution in [0, 0.1) is 17.1 Å². The maximum absolute atomic E-state index is 14.5. The van der Waals surface area contributed by atoms with Crippen LogP contribution in [0.2, 0.25) is 0 Å². The average molecular weight is 427 g/mol. The highest BCUT2D eigenvalue weighted by molar-refractivity contribution is 5.87. The molecule has 8 heteroatoms. The van der Waals surface area contributed by atoms with Gasteiger partial charge < -0.3 is 10.6 Å². The fraction of sp³-hybridized carbons (Fsp3) is 0.250. The van der Waals surface area contributed by atoms with Crippen LogP contribution in [0.15, 0.2) is 48.8 Å². The van der Waals surface area contributed by atoms with Crippen LogP contribution in [0.25, 0.3) is 33.4 Å². The highest BCUT2D eigenvalue weighted by atomic mass is 19.1. The molecule has 1 aliphatic heterocycles. The Morgan fingerprint density at radius 1 is 1.06 bits per heavy atom. The maximum atomic E-state index is 14.5. The zero-order valence-electron chi connectivity index (χ0n) is 17.7. The number of nitrogens with two attached hydrogens (primary N) is 1. The van der Waals surface area contributed by atoms with E-state index in [1.165, 1.54) is 12.1 Å². The molecule has 0 bridgehead atoms. The largest absolute Gasteiger partial charge is 0.355 e. The van der Waals surface area contributed by atoms with Crippen molar-refractivity contribution >= 4 is 16.7 Å². The Labute approximate surface area is 184 Å². The predicted octanol–water partition coefficient (Wildman–Crippen LogP) is 3.64. The average Bonchev–Trinajstić information content (AvgIpc) is 3.19. The van der Waals surface area contributed by atoms with E-state index in [0.717, 1.165) is 48.2 Å². The third-order valence-corrected chi connectivity index (χ3v) is 6.01. The summed E-state index contributed by atoms with van der Waals surface area (Å²) in [4.78, 5) is 11.8. The second kappa shape index (κ2) is 8.02. The fourth-order valence-electron chi connectivity index (χ4n) is 4.14. The molecule has 32 heavy (non-hydrogen) atoms. The van der Waals surface area contributed by atoms with Crippen LogP contribution in [0.1, 0.15) is 18.4 Å². The van der Waals surface area contributed by atoms with E-state index in [2.05, 4.69) is 10.00 Å². The number of fused-ring (bicyclic) bond motifs is 1. The summed E-state index contributed by atoms with van der Waals surface area (Å²) >= 11 is 0. The summed E-state index contributed by atoms with van der Waals surface area (Å²) in [5.74, 6) is 0.165. The van der Waals surface area contributed by atoms with Gasteiger partial charge in [-0.25, -0.2) is 9.37 Å². The summed E-state index contributed by atoms with van der Waals surface area (Å²) in [6.45, 7) is 1.61. The van der Waals surface area contributed by atoms with Crippen molar-refractivity contribution in [2.45, 2.75) is 18.9 Å². The number of rotatable bonds is 3. The fourth-order valence-corrected chi connectivity index (χ4v) is 4.14. The van der Waals surface area contributed by atoms with Crippen molar-refractivity contribution in [1.29, 1.82) is 5.26 Å². The van der Waals surface area contributed by atoms with E-state index in [4.69, 9.17) is 21.0 Å². The zero-order valence-corrected chi connectivity index (χ0v) is 17.7. The number of nitrogens with zero attached hydrogens (tertiary/aromatic N) is 6. The van der Waals surface area contributed by atoms with Crippen molar-refractivity contribution in [3.05, 3.63) is 60.2 Å². The number of aryl methyl sites for hydroxylation is 1. The number of hydrogen-bond donors (Lipinski definition) is 1. The molecule has 0 radical (unpaired) electrons. The highest BCUT2D eigenvalue weighted by Crippen LogP contribution is 2.33. The van der Waals surface area contributed by atoms with Gasteiger partial charge in [0, 0.05) is 42.7 Å². The van der Waals surface area contributed by atoms with E-state index in [9.17, 15) is 4.39 Å². The second-order valence-electron chi connectivity index (χ2n) is 8.10. The minimum Gasteiger partial charge on any atom is -0.355 e. The van der Waals surface area contributed by atoms with Crippen LogP contribution in [-0.4, -0.2) is 38.9 Å². The molecule has 7 nitrogen and oxygen atoms in total. The predicted molar refractivity (Wildman–Crippen MR) is 121 cm³/mol. The molecule has 0 unspecified atom stereocenters. The van der Waals surface area contributed by atoms with E-state index >= 15 is 0 Å². The number of hydrogen-bond acceptors (Lipinski definition) is 6. The SMILES string of the molecule is Cn1ncc2cc(-c3ncc(N4CCC(N)CC4)nc3-c3ccc(C#N)c(F)c3)ccc21. The van der Waals surface area contributed by atoms with E-state index in [1.807, 2.05) is 36.0 Å². The first-order chi connectivity index (χ1) is 15.5. The Balaban J connectivity index is 1.65. The van der Waals surface area contributed by atoms with Crippen LogP contribution >= 0.6 is 0 Å². The third kappa shape index (κ3) is 3.57. The molecule has 1 aliphatic rings. The molecule has 4 aromatic rings. The lowest BCUT2D eigenvalue weighted by molar-refractivity contribution is 0.498. The highest BCUT2D eigenvalue weighted by Gasteiger charge is 2.21. The molecule has 0 aliphatic carbocycles. The summed E-state index contributed by atoms with van der Waals surface area (Å²) in [7, 11) is 1.89. The molecule has 0 atom stereocenters. The van der Waals surface area contributed by atoms with Crippen LogP contribution in [-0.2, 0) is 7.05 Å². The van der Waals surface area contributed by atoms with Crippen LogP contribution in [0.4, 0.5) is 10.2 Å². The summed E-state index contributed by atoms with van der Waals surface area (Å²) in [5, 5.41) is 14.4. The van der Waals surface area contributed by atoms with Gasteiger partial charge in [-0.3, -0.25) is 9.67 Å². The number of halogens is 1. The van der Waals surface area contributed by atoms with Gasteiger partial charge in [0.15, 0.2) is 0 Å². The summed E-state index contributed by atoms with van der Waals surface area (Å²) in [5.41, 5.74) is 9.72. The van der Waals surface area contributed by atoms with Crippen molar-refractivity contribution < 1.29 is 4.39 Å². The maximum Gasteiger partial charge on any atom is 0.147 e. The molecule has 2 aromatic heterocycles. The first-order valence-electron chi connectivity index (χ1n) is 10.5. The molecule has 2 N–H and O–H groups in total. The number of benzene rings is 2. The summed E-state index contributed by atoms with van der Waals surface area (Å²) in [6, 6.07) is 12.6. The molecule has 2 aromatic carbocycles. The normalized spacial score (nSPS) is 14.6. The lowest BCUT2D eigenvalue weighted by Gasteiger charge is -2.31. The van der Waals surface area contributed by atoms with E-state index in [1.54, 1.807) is 18.5 Å². The van der Waals surface area contributed by atoms with E-state index in [0.29, 0.717) is 17.0 Å². The van der Waals surface area contributed by atoms with Crippen molar-refractivity contribution in [3.8, 4) is 28.6 Å². The van der Waals surface area contributed by atoms with Crippen molar-refractivity contribution in [3.63, 3.8) is 0 Å². The van der Waals surface area contributed by atoms with Gasteiger partial charge in [0.2, 0.25) is 0 Å². The minimum absolute atomic E-state index is 0.00112. The van der Waals surface area contributed by atoms with E-state index in [-0.39, 0.29) is 11.6 Å². The zero-order chi connectivity index (χ0) is 22.2. The molecule has 1 saturated heterocycles. The molecular weight excluding hydrogens is 405 g/mol. The first-order valence-corrected chi connectivity index (χ1v) is 10.5. The van der Waals surface area contributed by atoms with Crippen LogP contribution in [0.5, 0.6) is 0 Å². The van der Waals surface area contributed by atoms with Gasteiger partial charge in [0.1, 0.15) is 17.7 Å². The van der Waals surface area contributed by atoms with Crippen molar-refractivity contribution in [2.75, 3.05) is 18.0 Å². The van der Waals surface area contributed by atoms with Crippen LogP contribution in [0.3, 0.4) is 0 Å². The Bertz CT molecular complexity index is 1350. The number of aromatic nitrogens is 4. The number of nitriles is 1. The molecule has 5 rings (SSSR count). The van der Waals surface area contributed by atoms with Gasteiger partial charge in [0.05, 0.1) is 34.9 Å². The first kappa shape index (κ1) is 20.1. The lowest BCUT2D eigenvalue weighted by Crippen LogP contribution is -2.40. The number of piperidine rings is 1. The van der Waals surface area contributed by atoms with Gasteiger partial charge in [0.25, 0.3) is 0 Å². The summed E-state index contributed by atoms with van der Waals surface area (Å²) < 4.78 is 16.3. The Hall–Kier alpha value is -3.83. The Morgan fingerprint density at radius 3 is 2.56 bits per heavy atom. The van der Waals surface area contributed by atoms with Gasteiger partial charge in [-0.1, -0.05) is 12.1 Å². The third-order valence-electron chi connectivity index (χ3n) is 6.01. The molecule has 0 amide bonds.